The molecule has 3 unspecified atom stereocenters. The van der Waals surface area contributed by atoms with Gasteiger partial charge in [-0.05, 0) is 11.5 Å². The van der Waals surface area contributed by atoms with Crippen molar-refractivity contribution < 1.29 is 65.9 Å². The summed E-state index contributed by atoms with van der Waals surface area (Å²) in [7, 11) is -16.8. The van der Waals surface area contributed by atoms with E-state index in [-0.39, 0.29) is 30.1 Å². The minimum Gasteiger partial charge on any atom is -0.390 e. The number of benzene rings is 1. The summed E-state index contributed by atoms with van der Waals surface area (Å²) in [6, 6.07) is 6.05. The molecule has 20 nitrogen and oxygen atoms in total. The van der Waals surface area contributed by atoms with E-state index >= 15 is 0 Å². The summed E-state index contributed by atoms with van der Waals surface area (Å²) in [4.78, 5) is 63.6. The van der Waals surface area contributed by atoms with Crippen LogP contribution < -0.4 is 11.4 Å². The number of rotatable bonds is 13. The lowest BCUT2D eigenvalue weighted by Gasteiger charge is -2.31. The highest BCUT2D eigenvalue weighted by Crippen LogP contribution is 2.66. The van der Waals surface area contributed by atoms with Crippen molar-refractivity contribution in [3.8, 4) is 0 Å². The van der Waals surface area contributed by atoms with E-state index in [9.17, 15) is 43.5 Å². The van der Waals surface area contributed by atoms with Crippen LogP contribution >= 0.6 is 23.5 Å². The zero-order valence-electron chi connectivity index (χ0n) is 23.3. The van der Waals surface area contributed by atoms with Gasteiger partial charge in [0.15, 0.2) is 0 Å². The van der Waals surface area contributed by atoms with Crippen molar-refractivity contribution >= 4 is 35.0 Å². The summed E-state index contributed by atoms with van der Waals surface area (Å²) in [6.07, 6.45) is -3.86. The highest BCUT2D eigenvalue weighted by molar-refractivity contribution is 7.66. The predicted octanol–water partition coefficient (Wildman–Crippen LogP) is 2.03. The Morgan fingerprint density at radius 2 is 1.80 bits per heavy atom. The van der Waals surface area contributed by atoms with Crippen LogP contribution in [0, 0.1) is 15.5 Å². The molecule has 0 radical (unpaired) electrons. The van der Waals surface area contributed by atoms with Gasteiger partial charge in [0.25, 0.3) is 5.69 Å². The molecule has 3 rings (SSSR count). The first-order chi connectivity index (χ1) is 20.1. The van der Waals surface area contributed by atoms with E-state index in [1.165, 1.54) is 18.3 Å². The number of para-hydroxylation sites is 1. The third-order valence-electron chi connectivity index (χ3n) is 6.00. The normalized spacial score (nSPS) is 22.7. The van der Waals surface area contributed by atoms with Gasteiger partial charge in [0.05, 0.1) is 35.9 Å². The number of nitro groups is 1. The Labute approximate surface area is 248 Å². The molecule has 23 heteroatoms. The maximum atomic E-state index is 12.6. The Hall–Kier alpha value is -2.41. The first-order valence-corrected chi connectivity index (χ1v) is 16.9. The van der Waals surface area contributed by atoms with Crippen molar-refractivity contribution in [2.75, 3.05) is 12.3 Å². The van der Waals surface area contributed by atoms with Crippen molar-refractivity contribution in [1.82, 2.24) is 9.55 Å². The van der Waals surface area contributed by atoms with Gasteiger partial charge in [0.2, 0.25) is 0 Å². The number of aromatic nitrogens is 2. The van der Waals surface area contributed by atoms with Crippen LogP contribution in [-0.2, 0) is 42.9 Å². The number of anilines is 1. The molecule has 1 aromatic carbocycles. The van der Waals surface area contributed by atoms with Crippen LogP contribution in [0.15, 0.2) is 35.3 Å². The molecule has 0 spiro atoms. The smallest absolute Gasteiger partial charge is 0.390 e. The van der Waals surface area contributed by atoms with Gasteiger partial charge in [-0.1, -0.05) is 32.9 Å². The molecule has 1 saturated heterocycles. The van der Waals surface area contributed by atoms with E-state index in [2.05, 4.69) is 18.1 Å². The van der Waals surface area contributed by atoms with E-state index in [0.29, 0.717) is 5.56 Å². The number of ether oxygens (including phenoxy) is 2. The number of nitrogens with zero attached hydrogens (tertiary/aromatic N) is 3. The molecular weight excluding hydrogens is 657 g/mol. The van der Waals surface area contributed by atoms with E-state index < -0.39 is 70.6 Å². The minimum absolute atomic E-state index is 0.154. The lowest BCUT2D eigenvalue weighted by atomic mass is 9.84. The Kier molecular flexibility index (Phi) is 11.1. The van der Waals surface area contributed by atoms with E-state index in [1.807, 2.05) is 20.8 Å². The Balaban J connectivity index is 1.75. The number of phosphoric ester groups is 1. The average Bonchev–Trinajstić information content (AvgIpc) is 3.21. The van der Waals surface area contributed by atoms with E-state index in [4.69, 9.17) is 25.0 Å². The lowest BCUT2D eigenvalue weighted by Crippen LogP contribution is -2.30. The number of aliphatic hydroxyl groups excluding tert-OH is 1. The van der Waals surface area contributed by atoms with Crippen LogP contribution in [-0.4, -0.2) is 58.0 Å². The van der Waals surface area contributed by atoms with E-state index in [0.717, 1.165) is 4.57 Å². The molecule has 0 saturated carbocycles. The van der Waals surface area contributed by atoms with Gasteiger partial charge in [-0.15, -0.1) is 0 Å². The minimum atomic E-state index is -5.76. The van der Waals surface area contributed by atoms with Crippen molar-refractivity contribution in [1.29, 1.82) is 0 Å². The fourth-order valence-corrected chi connectivity index (χ4v) is 7.23. The maximum absolute atomic E-state index is 12.6. The molecule has 0 amide bonds. The van der Waals surface area contributed by atoms with Crippen molar-refractivity contribution in [3.05, 3.63) is 62.2 Å². The number of nitrogen functional groups attached to an aromatic ring is 1. The fraction of sp³-hybridized carbons (Fsp3) is 0.524. The fourth-order valence-electron chi connectivity index (χ4n) is 4.20. The third-order valence-corrected chi connectivity index (χ3v) is 9.80. The lowest BCUT2D eigenvalue weighted by molar-refractivity contribution is -0.386. The molecule has 246 valence electrons. The third kappa shape index (κ3) is 9.79. The number of hydrogen-bond donors (Lipinski definition) is 6. The average molecular weight is 688 g/mol. The molecule has 1 aromatic heterocycles. The zero-order chi connectivity index (χ0) is 33.3. The first kappa shape index (κ1) is 36.1. The number of phosphoric acid groups is 3. The van der Waals surface area contributed by atoms with Crippen LogP contribution in [0.5, 0.6) is 0 Å². The second-order valence-corrected chi connectivity index (χ2v) is 15.0. The molecule has 2 aromatic rings. The quantitative estimate of drug-likeness (QED) is 0.0996. The van der Waals surface area contributed by atoms with Crippen LogP contribution in [0.1, 0.15) is 50.7 Å². The topological polar surface area (TPSA) is 303 Å². The van der Waals surface area contributed by atoms with E-state index in [1.54, 1.807) is 12.1 Å². The van der Waals surface area contributed by atoms with Gasteiger partial charge in [-0.2, -0.15) is 13.6 Å². The van der Waals surface area contributed by atoms with Crippen LogP contribution in [0.25, 0.3) is 0 Å². The molecular formula is C21H31N4O16P3. The maximum Gasteiger partial charge on any atom is 0.490 e. The highest BCUT2D eigenvalue weighted by Gasteiger charge is 2.43. The zero-order valence-corrected chi connectivity index (χ0v) is 26.0. The van der Waals surface area contributed by atoms with Crippen LogP contribution in [0.3, 0.4) is 0 Å². The molecule has 1 aliphatic heterocycles. The number of aliphatic hydroxyl groups is 1. The molecule has 0 aliphatic carbocycles. The van der Waals surface area contributed by atoms with Gasteiger partial charge in [-0.3, -0.25) is 19.2 Å². The summed E-state index contributed by atoms with van der Waals surface area (Å²) >= 11 is 0. The monoisotopic (exact) mass is 688 g/mol. The van der Waals surface area contributed by atoms with Crippen molar-refractivity contribution in [2.24, 2.45) is 5.41 Å². The summed E-state index contributed by atoms with van der Waals surface area (Å²) in [5.74, 6) is -0.204. The summed E-state index contributed by atoms with van der Waals surface area (Å²) < 4.78 is 58.6. The summed E-state index contributed by atoms with van der Waals surface area (Å²) in [5, 5.41) is 22.0. The van der Waals surface area contributed by atoms with Crippen molar-refractivity contribution in [3.63, 3.8) is 0 Å². The van der Waals surface area contributed by atoms with Crippen molar-refractivity contribution in [2.45, 2.75) is 58.3 Å². The largest absolute Gasteiger partial charge is 0.490 e. The standard InChI is InChI=1S/C21H31N4O16P3/c1-21(2,3)18(13-6-4-5-7-14(13)25(28)29)37-10-12-9-24(20(27)23-19(12)22)17-8-15(26)16(39-17)11-38-43(33,34)41-44(35,36)40-42(30,31)32/h4-7,9,15-18,26H,8,10-11H2,1-3H3,(H,33,34)(H,35,36)(H2,22,23,27)(H2,30,31,32)/t15-,16+,17+,18?/m0/s1. The molecule has 44 heavy (non-hydrogen) atoms. The molecule has 0 bridgehead atoms. The van der Waals surface area contributed by atoms with Gasteiger partial charge in [0, 0.05) is 24.2 Å². The number of nitro benzene ring substituents is 1. The Morgan fingerprint density at radius 1 is 1.16 bits per heavy atom. The Bertz CT molecular complexity index is 1570. The van der Waals surface area contributed by atoms with Crippen LogP contribution in [0.4, 0.5) is 11.5 Å². The van der Waals surface area contributed by atoms with Gasteiger partial charge in [-0.25, -0.2) is 18.5 Å². The second kappa shape index (κ2) is 13.5. The van der Waals surface area contributed by atoms with Gasteiger partial charge in [0.1, 0.15) is 18.1 Å². The second-order valence-electron chi connectivity index (χ2n) is 10.5. The molecule has 1 fully saturated rings. The van der Waals surface area contributed by atoms with Crippen LogP contribution in [0.2, 0.25) is 0 Å². The molecule has 7 N–H and O–H groups in total. The number of nitrogens with two attached hydrogens (primary N) is 1. The first-order valence-electron chi connectivity index (χ1n) is 12.4. The molecule has 2 heterocycles. The highest BCUT2D eigenvalue weighted by atomic mass is 31.3. The summed E-state index contributed by atoms with van der Waals surface area (Å²) in [6.45, 7) is 4.24. The number of hydrogen-bond acceptors (Lipinski definition) is 14. The van der Waals surface area contributed by atoms with Gasteiger partial charge >= 0.3 is 29.2 Å². The summed E-state index contributed by atoms with van der Waals surface area (Å²) in [5.41, 5.74) is 4.76. The Morgan fingerprint density at radius 3 is 2.39 bits per heavy atom. The SMILES string of the molecule is CC(C)(C)C(OCc1cn([C@H]2C[C@H](O)[C@@H](COP(=O)(O)OP(=O)(O)OP(=O)(O)O)O2)c(=O)nc1N)c1ccccc1[N+](=O)[O-]. The van der Waals surface area contributed by atoms with Gasteiger partial charge < -0.3 is 39.9 Å². The molecule has 6 atom stereocenters. The molecule has 1 aliphatic rings. The predicted molar refractivity (Wildman–Crippen MR) is 147 cm³/mol.